The molecule has 1 aliphatic rings. The molecule has 1 aliphatic carbocycles. The SMILES string of the molecule is Cc1ccnc(N(CCCl)C2CCCCC2)c1Br. The normalized spacial score (nSPS) is 16.8. The van der Waals surface area contributed by atoms with E-state index in [4.69, 9.17) is 11.6 Å². The highest BCUT2D eigenvalue weighted by Crippen LogP contribution is 2.32. The summed E-state index contributed by atoms with van der Waals surface area (Å²) in [6.07, 6.45) is 8.44. The number of nitrogens with zero attached hydrogens (tertiary/aromatic N) is 2. The topological polar surface area (TPSA) is 16.1 Å². The third-order valence-electron chi connectivity index (χ3n) is 3.68. The van der Waals surface area contributed by atoms with Crippen LogP contribution in [-0.4, -0.2) is 23.5 Å². The molecule has 0 saturated heterocycles. The minimum Gasteiger partial charge on any atom is -0.352 e. The Morgan fingerprint density at radius 1 is 1.39 bits per heavy atom. The molecule has 0 aromatic carbocycles. The summed E-state index contributed by atoms with van der Waals surface area (Å²) in [5, 5.41) is 0. The molecule has 0 spiro atoms. The van der Waals surface area contributed by atoms with Gasteiger partial charge in [-0.3, -0.25) is 0 Å². The van der Waals surface area contributed by atoms with E-state index in [9.17, 15) is 0 Å². The van der Waals surface area contributed by atoms with E-state index in [-0.39, 0.29) is 0 Å². The Morgan fingerprint density at radius 2 is 2.11 bits per heavy atom. The van der Waals surface area contributed by atoms with E-state index in [0.29, 0.717) is 11.9 Å². The molecule has 1 aromatic rings. The zero-order valence-corrected chi connectivity index (χ0v) is 13.2. The number of hydrogen-bond acceptors (Lipinski definition) is 2. The molecule has 18 heavy (non-hydrogen) atoms. The molecule has 0 atom stereocenters. The van der Waals surface area contributed by atoms with Crippen molar-refractivity contribution >= 4 is 33.3 Å². The standard InChI is InChI=1S/C14H20BrClN2/c1-11-7-9-17-14(13(11)15)18(10-8-16)12-5-3-2-4-6-12/h7,9,12H,2-6,8,10H2,1H3. The molecule has 4 heteroatoms. The second-order valence-corrected chi connectivity index (χ2v) is 6.11. The molecule has 0 amide bonds. The summed E-state index contributed by atoms with van der Waals surface area (Å²) < 4.78 is 1.11. The van der Waals surface area contributed by atoms with Crippen LogP contribution in [-0.2, 0) is 0 Å². The molecule has 0 radical (unpaired) electrons. The second kappa shape index (κ2) is 6.76. The van der Waals surface area contributed by atoms with Crippen molar-refractivity contribution in [1.29, 1.82) is 0 Å². The third kappa shape index (κ3) is 3.18. The lowest BCUT2D eigenvalue weighted by Gasteiger charge is -2.35. The van der Waals surface area contributed by atoms with Gasteiger partial charge in [0.1, 0.15) is 5.82 Å². The van der Waals surface area contributed by atoms with Crippen LogP contribution >= 0.6 is 27.5 Å². The van der Waals surface area contributed by atoms with Gasteiger partial charge >= 0.3 is 0 Å². The first-order chi connectivity index (χ1) is 8.74. The summed E-state index contributed by atoms with van der Waals surface area (Å²) in [4.78, 5) is 6.95. The van der Waals surface area contributed by atoms with Crippen molar-refractivity contribution in [3.05, 3.63) is 22.3 Å². The van der Waals surface area contributed by atoms with Crippen LogP contribution < -0.4 is 4.90 Å². The van der Waals surface area contributed by atoms with Gasteiger partial charge in [0.2, 0.25) is 0 Å². The molecule has 0 N–H and O–H groups in total. The van der Waals surface area contributed by atoms with E-state index in [0.717, 1.165) is 16.8 Å². The molecule has 2 rings (SSSR count). The maximum atomic E-state index is 5.97. The van der Waals surface area contributed by atoms with Gasteiger partial charge in [-0.2, -0.15) is 0 Å². The summed E-state index contributed by atoms with van der Waals surface area (Å²) >= 11 is 9.64. The van der Waals surface area contributed by atoms with Crippen molar-refractivity contribution in [2.75, 3.05) is 17.3 Å². The molecule has 2 nitrogen and oxygen atoms in total. The van der Waals surface area contributed by atoms with Crippen molar-refractivity contribution < 1.29 is 0 Å². The summed E-state index contributed by atoms with van der Waals surface area (Å²) in [5.41, 5.74) is 1.23. The maximum absolute atomic E-state index is 5.97. The van der Waals surface area contributed by atoms with Gasteiger partial charge in [-0.1, -0.05) is 19.3 Å². The van der Waals surface area contributed by atoms with Gasteiger partial charge in [0, 0.05) is 24.7 Å². The summed E-state index contributed by atoms with van der Waals surface area (Å²) in [6.45, 7) is 2.98. The average Bonchev–Trinajstić information content (AvgIpc) is 2.41. The smallest absolute Gasteiger partial charge is 0.143 e. The van der Waals surface area contributed by atoms with E-state index in [1.807, 2.05) is 12.3 Å². The number of aromatic nitrogens is 1. The Bertz CT molecular complexity index is 391. The Kier molecular flexibility index (Phi) is 5.31. The molecule has 0 unspecified atom stereocenters. The number of hydrogen-bond donors (Lipinski definition) is 0. The molecule has 100 valence electrons. The largest absolute Gasteiger partial charge is 0.352 e. The van der Waals surface area contributed by atoms with E-state index < -0.39 is 0 Å². The Hall–Kier alpha value is -0.280. The van der Waals surface area contributed by atoms with Crippen LogP contribution in [0.1, 0.15) is 37.7 Å². The maximum Gasteiger partial charge on any atom is 0.143 e. The molecular formula is C14H20BrClN2. The van der Waals surface area contributed by atoms with Crippen LogP contribution in [0.3, 0.4) is 0 Å². The summed E-state index contributed by atoms with van der Waals surface area (Å²) in [5.74, 6) is 1.71. The van der Waals surface area contributed by atoms with E-state index in [1.54, 1.807) is 0 Å². The van der Waals surface area contributed by atoms with E-state index in [1.165, 1.54) is 37.7 Å². The van der Waals surface area contributed by atoms with Crippen molar-refractivity contribution in [3.8, 4) is 0 Å². The Balaban J connectivity index is 2.25. The highest BCUT2D eigenvalue weighted by molar-refractivity contribution is 9.10. The predicted octanol–water partition coefficient (Wildman–Crippen LogP) is 4.53. The zero-order valence-electron chi connectivity index (χ0n) is 10.8. The van der Waals surface area contributed by atoms with Crippen molar-refractivity contribution in [2.24, 2.45) is 0 Å². The average molecular weight is 332 g/mol. The molecule has 1 heterocycles. The second-order valence-electron chi connectivity index (χ2n) is 4.94. The predicted molar refractivity (Wildman–Crippen MR) is 81.6 cm³/mol. The van der Waals surface area contributed by atoms with Crippen LogP contribution in [0.15, 0.2) is 16.7 Å². The number of aryl methyl sites for hydroxylation is 1. The van der Waals surface area contributed by atoms with Gasteiger partial charge in [-0.15, -0.1) is 11.6 Å². The number of anilines is 1. The lowest BCUT2D eigenvalue weighted by atomic mass is 9.94. The first kappa shape index (κ1) is 14.1. The summed E-state index contributed by atoms with van der Waals surface area (Å²) in [6, 6.07) is 2.64. The van der Waals surface area contributed by atoms with Crippen LogP contribution in [0.25, 0.3) is 0 Å². The van der Waals surface area contributed by atoms with E-state index in [2.05, 4.69) is 32.7 Å². The third-order valence-corrected chi connectivity index (χ3v) is 4.83. The van der Waals surface area contributed by atoms with Crippen LogP contribution in [0.5, 0.6) is 0 Å². The van der Waals surface area contributed by atoms with E-state index >= 15 is 0 Å². The van der Waals surface area contributed by atoms with Crippen LogP contribution in [0.2, 0.25) is 0 Å². The first-order valence-corrected chi connectivity index (χ1v) is 8.00. The molecular weight excluding hydrogens is 312 g/mol. The molecule has 0 aliphatic heterocycles. The lowest BCUT2D eigenvalue weighted by molar-refractivity contribution is 0.416. The number of halogens is 2. The van der Waals surface area contributed by atoms with Gasteiger partial charge in [-0.25, -0.2) is 4.98 Å². The fourth-order valence-corrected chi connectivity index (χ4v) is 3.32. The lowest BCUT2D eigenvalue weighted by Crippen LogP contribution is -2.39. The molecule has 1 saturated carbocycles. The highest BCUT2D eigenvalue weighted by atomic mass is 79.9. The fourth-order valence-electron chi connectivity index (χ4n) is 2.67. The molecule has 1 aromatic heterocycles. The molecule has 0 bridgehead atoms. The number of rotatable bonds is 4. The number of pyridine rings is 1. The van der Waals surface area contributed by atoms with Gasteiger partial charge in [0.25, 0.3) is 0 Å². The van der Waals surface area contributed by atoms with Crippen LogP contribution in [0, 0.1) is 6.92 Å². The van der Waals surface area contributed by atoms with Crippen LogP contribution in [0.4, 0.5) is 5.82 Å². The monoisotopic (exact) mass is 330 g/mol. The van der Waals surface area contributed by atoms with Gasteiger partial charge in [-0.05, 0) is 47.3 Å². The quantitative estimate of drug-likeness (QED) is 0.754. The van der Waals surface area contributed by atoms with Gasteiger partial charge < -0.3 is 4.90 Å². The molecule has 1 fully saturated rings. The van der Waals surface area contributed by atoms with Crippen molar-refractivity contribution in [2.45, 2.75) is 45.1 Å². The van der Waals surface area contributed by atoms with Gasteiger partial charge in [0.15, 0.2) is 0 Å². The Labute approximate surface area is 123 Å². The fraction of sp³-hybridized carbons (Fsp3) is 0.643. The minimum atomic E-state index is 0.600. The highest BCUT2D eigenvalue weighted by Gasteiger charge is 2.23. The minimum absolute atomic E-state index is 0.600. The van der Waals surface area contributed by atoms with Gasteiger partial charge in [0.05, 0.1) is 4.47 Å². The number of alkyl halides is 1. The zero-order chi connectivity index (χ0) is 13.0. The first-order valence-electron chi connectivity index (χ1n) is 6.67. The Morgan fingerprint density at radius 3 is 2.78 bits per heavy atom. The van der Waals surface area contributed by atoms with Crippen molar-refractivity contribution in [3.63, 3.8) is 0 Å². The van der Waals surface area contributed by atoms with Crippen molar-refractivity contribution in [1.82, 2.24) is 4.98 Å². The summed E-state index contributed by atoms with van der Waals surface area (Å²) in [7, 11) is 0.